The number of thiophene rings is 1. The lowest BCUT2D eigenvalue weighted by atomic mass is 10.1. The van der Waals surface area contributed by atoms with Gasteiger partial charge in [0.15, 0.2) is 5.69 Å². The molecule has 0 spiro atoms. The normalized spacial score (nSPS) is 14.3. The van der Waals surface area contributed by atoms with Gasteiger partial charge in [-0.1, -0.05) is 6.42 Å². The number of alkyl halides is 3. The van der Waals surface area contributed by atoms with Crippen LogP contribution in [0.15, 0.2) is 6.07 Å². The average Bonchev–Trinajstić information content (AvgIpc) is 3.06. The predicted octanol–water partition coefficient (Wildman–Crippen LogP) is 3.97. The highest BCUT2D eigenvalue weighted by atomic mass is 32.1. The summed E-state index contributed by atoms with van der Waals surface area (Å²) in [5, 5.41) is 6.50. The van der Waals surface area contributed by atoms with Crippen molar-refractivity contribution in [3.05, 3.63) is 33.5 Å². The Balaban J connectivity index is 1.83. The molecule has 0 unspecified atom stereocenters. The number of rotatable bonds is 4. The number of aromatic nitrogens is 2. The van der Waals surface area contributed by atoms with Gasteiger partial charge < -0.3 is 10.1 Å². The molecular weight excluding hydrogens is 395 g/mol. The van der Waals surface area contributed by atoms with Crippen LogP contribution in [0.5, 0.6) is 0 Å². The predicted molar refractivity (Wildman–Crippen MR) is 97.5 cm³/mol. The van der Waals surface area contributed by atoms with Gasteiger partial charge in [-0.15, -0.1) is 11.3 Å². The largest absolute Gasteiger partial charge is 0.465 e. The minimum absolute atomic E-state index is 0.220. The minimum Gasteiger partial charge on any atom is -0.465 e. The van der Waals surface area contributed by atoms with Crippen molar-refractivity contribution in [3.8, 4) is 0 Å². The molecule has 3 rings (SSSR count). The van der Waals surface area contributed by atoms with Gasteiger partial charge in [-0.05, 0) is 44.2 Å². The summed E-state index contributed by atoms with van der Waals surface area (Å²) in [6, 6.07) is 0.889. The molecule has 10 heteroatoms. The molecule has 6 nitrogen and oxygen atoms in total. The van der Waals surface area contributed by atoms with E-state index in [2.05, 4.69) is 10.4 Å². The van der Waals surface area contributed by atoms with E-state index in [0.29, 0.717) is 10.6 Å². The zero-order valence-electron chi connectivity index (χ0n) is 15.5. The smallest absolute Gasteiger partial charge is 0.435 e. The molecule has 0 atom stereocenters. The van der Waals surface area contributed by atoms with Gasteiger partial charge >= 0.3 is 12.1 Å². The first-order valence-electron chi connectivity index (χ1n) is 8.85. The van der Waals surface area contributed by atoms with Crippen molar-refractivity contribution in [2.45, 2.75) is 51.7 Å². The highest BCUT2D eigenvalue weighted by Crippen LogP contribution is 2.38. The van der Waals surface area contributed by atoms with Crippen LogP contribution < -0.4 is 5.32 Å². The van der Waals surface area contributed by atoms with Gasteiger partial charge in [-0.2, -0.15) is 18.3 Å². The summed E-state index contributed by atoms with van der Waals surface area (Å²) in [6.45, 7) is 1.06. The molecule has 28 heavy (non-hydrogen) atoms. The molecular formula is C18H20F3N3O3S. The fourth-order valence-corrected chi connectivity index (χ4v) is 4.55. The summed E-state index contributed by atoms with van der Waals surface area (Å²) in [5.74, 6) is -1.08. The van der Waals surface area contributed by atoms with E-state index in [0.717, 1.165) is 53.3 Å². The van der Waals surface area contributed by atoms with Crippen LogP contribution >= 0.6 is 11.3 Å². The number of hydrogen-bond donors (Lipinski definition) is 1. The monoisotopic (exact) mass is 415 g/mol. The molecule has 1 amide bonds. The van der Waals surface area contributed by atoms with Gasteiger partial charge in [0.25, 0.3) is 0 Å². The summed E-state index contributed by atoms with van der Waals surface area (Å²) >= 11 is 1.33. The number of carbonyl (C=O) groups excluding carboxylic acids is 2. The number of nitrogens with zero attached hydrogens (tertiary/aromatic N) is 2. The molecule has 2 heterocycles. The Morgan fingerprint density at radius 2 is 2.00 bits per heavy atom. The highest BCUT2D eigenvalue weighted by molar-refractivity contribution is 7.17. The van der Waals surface area contributed by atoms with Crippen LogP contribution in [-0.4, -0.2) is 28.8 Å². The molecule has 1 aliphatic carbocycles. The van der Waals surface area contributed by atoms with Crippen LogP contribution in [0.2, 0.25) is 0 Å². The molecule has 152 valence electrons. The lowest BCUT2D eigenvalue weighted by molar-refractivity contribution is -0.141. The van der Waals surface area contributed by atoms with Crippen LogP contribution in [0.25, 0.3) is 0 Å². The fraction of sp³-hybridized carbons (Fsp3) is 0.500. The minimum atomic E-state index is -4.57. The maximum absolute atomic E-state index is 12.8. The van der Waals surface area contributed by atoms with E-state index >= 15 is 0 Å². The zero-order chi connectivity index (χ0) is 20.5. The molecule has 0 saturated heterocycles. The number of fused-ring (bicyclic) bond motifs is 1. The van der Waals surface area contributed by atoms with Crippen LogP contribution in [0, 0.1) is 6.92 Å². The van der Waals surface area contributed by atoms with Crippen LogP contribution in [-0.2, 0) is 35.1 Å². The first kappa shape index (κ1) is 20.4. The Kier molecular flexibility index (Phi) is 5.78. The lowest BCUT2D eigenvalue weighted by Crippen LogP contribution is -2.21. The summed E-state index contributed by atoms with van der Waals surface area (Å²) in [7, 11) is 1.28. The molecule has 1 aliphatic rings. The molecule has 1 N–H and O–H groups in total. The first-order valence-corrected chi connectivity index (χ1v) is 9.66. The maximum Gasteiger partial charge on any atom is 0.435 e. The van der Waals surface area contributed by atoms with Gasteiger partial charge in [-0.3, -0.25) is 9.48 Å². The van der Waals surface area contributed by atoms with Crippen molar-refractivity contribution in [2.24, 2.45) is 0 Å². The molecule has 0 radical (unpaired) electrons. The number of ether oxygens (including phenoxy) is 1. The van der Waals surface area contributed by atoms with Gasteiger partial charge in [0.1, 0.15) is 11.5 Å². The number of aryl methyl sites for hydroxylation is 2. The molecule has 2 aromatic rings. The standard InChI is InChI=1S/C18H20F3N3O3S/c1-10-8-13(18(19,20)21)23-24(10)9-14(25)22-16-15(17(26)27-2)11-6-4-3-5-7-12(11)28-16/h8H,3-7,9H2,1-2H3,(H,22,25). The zero-order valence-corrected chi connectivity index (χ0v) is 16.3. The van der Waals surface area contributed by atoms with Crippen molar-refractivity contribution in [1.29, 1.82) is 0 Å². The quantitative estimate of drug-likeness (QED) is 0.606. The summed E-state index contributed by atoms with van der Waals surface area (Å²) in [4.78, 5) is 25.8. The maximum atomic E-state index is 12.8. The van der Waals surface area contributed by atoms with Crippen molar-refractivity contribution in [1.82, 2.24) is 9.78 Å². The number of methoxy groups -OCH3 is 1. The number of carbonyl (C=O) groups is 2. The molecule has 0 aliphatic heterocycles. The fourth-order valence-electron chi connectivity index (χ4n) is 3.26. The van der Waals surface area contributed by atoms with Crippen molar-refractivity contribution < 1.29 is 27.5 Å². The molecule has 0 aromatic carbocycles. The van der Waals surface area contributed by atoms with Gasteiger partial charge in [0, 0.05) is 10.6 Å². The second kappa shape index (κ2) is 7.94. The van der Waals surface area contributed by atoms with E-state index < -0.39 is 23.7 Å². The Morgan fingerprint density at radius 3 is 2.64 bits per heavy atom. The number of esters is 1. The second-order valence-electron chi connectivity index (χ2n) is 6.63. The molecule has 0 bridgehead atoms. The topological polar surface area (TPSA) is 73.2 Å². The second-order valence-corrected chi connectivity index (χ2v) is 7.74. The van der Waals surface area contributed by atoms with Crippen molar-refractivity contribution >= 4 is 28.2 Å². The third-order valence-electron chi connectivity index (χ3n) is 4.63. The molecule has 2 aromatic heterocycles. The van der Waals surface area contributed by atoms with E-state index in [1.165, 1.54) is 25.4 Å². The van der Waals surface area contributed by atoms with Crippen molar-refractivity contribution in [3.63, 3.8) is 0 Å². The Hall–Kier alpha value is -2.36. The van der Waals surface area contributed by atoms with E-state index in [9.17, 15) is 22.8 Å². The third kappa shape index (κ3) is 4.21. The number of hydrogen-bond acceptors (Lipinski definition) is 5. The number of amides is 1. The average molecular weight is 415 g/mol. The van der Waals surface area contributed by atoms with E-state index in [4.69, 9.17) is 4.74 Å². The van der Waals surface area contributed by atoms with Gasteiger partial charge in [-0.25, -0.2) is 4.79 Å². The summed E-state index contributed by atoms with van der Waals surface area (Å²) < 4.78 is 44.2. The Bertz CT molecular complexity index is 902. The van der Waals surface area contributed by atoms with E-state index in [1.54, 1.807) is 0 Å². The van der Waals surface area contributed by atoms with Crippen LogP contribution in [0.3, 0.4) is 0 Å². The van der Waals surface area contributed by atoms with E-state index in [-0.39, 0.29) is 12.2 Å². The van der Waals surface area contributed by atoms with Gasteiger partial charge in [0.05, 0.1) is 12.7 Å². The summed E-state index contributed by atoms with van der Waals surface area (Å²) in [5.41, 5.74) is 0.429. The lowest BCUT2D eigenvalue weighted by Gasteiger charge is -2.08. The highest BCUT2D eigenvalue weighted by Gasteiger charge is 2.34. The van der Waals surface area contributed by atoms with E-state index in [1.807, 2.05) is 0 Å². The number of anilines is 1. The summed E-state index contributed by atoms with van der Waals surface area (Å²) in [6.07, 6.45) is 0.0219. The number of nitrogens with one attached hydrogen (secondary N) is 1. The SMILES string of the molecule is COC(=O)c1c(NC(=O)Cn2nc(C(F)(F)F)cc2C)sc2c1CCCCC2. The van der Waals surface area contributed by atoms with Gasteiger partial charge in [0.2, 0.25) is 5.91 Å². The van der Waals surface area contributed by atoms with Crippen molar-refractivity contribution in [2.75, 3.05) is 12.4 Å². The Morgan fingerprint density at radius 1 is 1.29 bits per heavy atom. The molecule has 0 saturated carbocycles. The number of halogens is 3. The van der Waals surface area contributed by atoms with Crippen LogP contribution in [0.1, 0.15) is 51.4 Å². The molecule has 0 fully saturated rings. The van der Waals surface area contributed by atoms with Crippen LogP contribution in [0.4, 0.5) is 18.2 Å². The third-order valence-corrected chi connectivity index (χ3v) is 5.84. The Labute approximate surface area is 163 Å². The first-order chi connectivity index (χ1) is 13.2.